The van der Waals surface area contributed by atoms with Crippen LogP contribution in [0.5, 0.6) is 0 Å². The highest BCUT2D eigenvalue weighted by Crippen LogP contribution is 2.56. The lowest BCUT2D eigenvalue weighted by molar-refractivity contribution is -0.129. The molecule has 2 saturated carbocycles. The second-order valence-corrected chi connectivity index (χ2v) is 9.16. The second kappa shape index (κ2) is 6.54. The van der Waals surface area contributed by atoms with Crippen molar-refractivity contribution < 1.29 is 23.9 Å². The number of hydrogen-bond acceptors (Lipinski definition) is 5. The van der Waals surface area contributed by atoms with E-state index < -0.39 is 11.4 Å². The predicted octanol–water partition coefficient (Wildman–Crippen LogP) is 2.99. The lowest BCUT2D eigenvalue weighted by Gasteiger charge is -2.20. The molecule has 1 saturated heterocycles. The van der Waals surface area contributed by atoms with E-state index in [9.17, 15) is 19.2 Å². The molecule has 3 aliphatic rings. The van der Waals surface area contributed by atoms with Crippen molar-refractivity contribution in [2.24, 2.45) is 29.1 Å². The van der Waals surface area contributed by atoms with Crippen molar-refractivity contribution in [3.05, 3.63) is 29.8 Å². The number of ether oxygens (including phenoxy) is 1. The Bertz CT molecular complexity index is 840. The Morgan fingerprint density at radius 2 is 1.61 bits per heavy atom. The Labute approximate surface area is 164 Å². The molecule has 1 aliphatic heterocycles. The number of Topliss-reactive ketones (excluding diaryl/α,β-unsaturated/α-hetero) is 1. The summed E-state index contributed by atoms with van der Waals surface area (Å²) in [5.74, 6) is -1.25. The minimum Gasteiger partial charge on any atom is -0.454 e. The number of ketones is 1. The molecule has 0 aromatic heterocycles. The third kappa shape index (κ3) is 2.86. The van der Waals surface area contributed by atoms with E-state index in [0.29, 0.717) is 0 Å². The number of anilines is 1. The molecule has 6 heteroatoms. The highest BCUT2D eigenvalue weighted by Gasteiger charge is 2.61. The van der Waals surface area contributed by atoms with Gasteiger partial charge >= 0.3 is 5.97 Å². The summed E-state index contributed by atoms with van der Waals surface area (Å²) in [6.45, 7) is 4.93. The van der Waals surface area contributed by atoms with Crippen LogP contribution in [0.3, 0.4) is 0 Å². The number of carbonyl (C=O) groups is 4. The number of rotatable bonds is 4. The van der Waals surface area contributed by atoms with E-state index in [1.54, 1.807) is 39.0 Å². The first-order valence-electron chi connectivity index (χ1n) is 9.87. The number of hydrogen-bond donors (Lipinski definition) is 0. The number of imide groups is 1. The molecule has 4 atom stereocenters. The molecule has 1 aromatic carbocycles. The molecule has 0 radical (unpaired) electrons. The lowest BCUT2D eigenvalue weighted by atomic mass is 9.81. The maximum absolute atomic E-state index is 13.1. The summed E-state index contributed by atoms with van der Waals surface area (Å²) >= 11 is 0. The van der Waals surface area contributed by atoms with Crippen molar-refractivity contribution >= 4 is 29.3 Å². The van der Waals surface area contributed by atoms with Gasteiger partial charge in [0.25, 0.3) is 0 Å². The number of esters is 1. The lowest BCUT2D eigenvalue weighted by Crippen LogP contribution is -2.34. The fraction of sp³-hybridized carbons (Fsp3) is 0.545. The summed E-state index contributed by atoms with van der Waals surface area (Å²) in [6, 6.07) is 6.47. The summed E-state index contributed by atoms with van der Waals surface area (Å²) in [7, 11) is 0. The van der Waals surface area contributed by atoms with Crippen LogP contribution in [0.1, 0.15) is 50.4 Å². The molecule has 2 amide bonds. The molecule has 148 valence electrons. The van der Waals surface area contributed by atoms with Gasteiger partial charge in [-0.15, -0.1) is 0 Å². The maximum atomic E-state index is 13.1. The highest BCUT2D eigenvalue weighted by atomic mass is 16.5. The molecule has 6 nitrogen and oxygen atoms in total. The van der Waals surface area contributed by atoms with Crippen LogP contribution in [-0.4, -0.2) is 30.2 Å². The summed E-state index contributed by atoms with van der Waals surface area (Å²) in [4.78, 5) is 52.0. The van der Waals surface area contributed by atoms with E-state index in [0.717, 1.165) is 19.3 Å². The molecule has 0 N–H and O–H groups in total. The van der Waals surface area contributed by atoms with Crippen LogP contribution in [0.2, 0.25) is 0 Å². The highest BCUT2D eigenvalue weighted by molar-refractivity contribution is 6.24. The Morgan fingerprint density at radius 1 is 1.04 bits per heavy atom. The summed E-state index contributed by atoms with van der Waals surface area (Å²) in [6.07, 6.45) is 2.95. The summed E-state index contributed by atoms with van der Waals surface area (Å²) in [5.41, 5.74) is -0.213. The van der Waals surface area contributed by atoms with E-state index >= 15 is 0 Å². The van der Waals surface area contributed by atoms with Crippen LogP contribution >= 0.6 is 0 Å². The van der Waals surface area contributed by atoms with Crippen LogP contribution in [0, 0.1) is 29.1 Å². The molecule has 3 fully saturated rings. The van der Waals surface area contributed by atoms with Gasteiger partial charge in [0.2, 0.25) is 11.8 Å². The topological polar surface area (TPSA) is 80.8 Å². The van der Waals surface area contributed by atoms with Gasteiger partial charge in [-0.05, 0) is 43.2 Å². The van der Waals surface area contributed by atoms with E-state index in [1.807, 2.05) is 0 Å². The Kier molecular flexibility index (Phi) is 4.40. The quantitative estimate of drug-likeness (QED) is 0.590. The fourth-order valence-corrected chi connectivity index (χ4v) is 4.91. The Hall–Kier alpha value is -2.50. The number of nitrogens with zero attached hydrogens (tertiary/aromatic N) is 1. The Morgan fingerprint density at radius 3 is 2.18 bits per heavy atom. The zero-order chi connectivity index (χ0) is 20.2. The maximum Gasteiger partial charge on any atom is 0.340 e. The van der Waals surface area contributed by atoms with Gasteiger partial charge in [-0.3, -0.25) is 14.4 Å². The van der Waals surface area contributed by atoms with Gasteiger partial charge in [-0.1, -0.05) is 32.9 Å². The second-order valence-electron chi connectivity index (χ2n) is 9.16. The molecule has 0 spiro atoms. The van der Waals surface area contributed by atoms with Crippen molar-refractivity contribution in [1.82, 2.24) is 0 Å². The summed E-state index contributed by atoms with van der Waals surface area (Å²) < 4.78 is 5.20. The largest absolute Gasteiger partial charge is 0.454 e. The standard InChI is InChI=1S/C22H25NO5/c1-22(2,3)16(24)11-28-21(27)14-6-4-5-7-15(14)23-19(25)17-12-8-9-13(10-12)18(17)20(23)26/h4-7,12-13,17-18H,8-11H2,1-3H3/t12-,13-,17+,18+/m0/s1. The van der Waals surface area contributed by atoms with Crippen molar-refractivity contribution in [2.75, 3.05) is 11.5 Å². The number of carbonyl (C=O) groups excluding carboxylic acids is 4. The zero-order valence-corrected chi connectivity index (χ0v) is 16.4. The van der Waals surface area contributed by atoms with Crippen molar-refractivity contribution in [3.63, 3.8) is 0 Å². The molecule has 0 unspecified atom stereocenters. The fourth-order valence-electron chi connectivity index (χ4n) is 4.91. The van der Waals surface area contributed by atoms with Crippen molar-refractivity contribution in [2.45, 2.75) is 40.0 Å². The third-order valence-electron chi connectivity index (χ3n) is 6.46. The van der Waals surface area contributed by atoms with E-state index in [1.165, 1.54) is 11.0 Å². The zero-order valence-electron chi connectivity index (χ0n) is 16.4. The Balaban J connectivity index is 1.58. The SMILES string of the molecule is CC(C)(C)C(=O)COC(=O)c1ccccc1N1C(=O)[C@@H]2[C@H]3CC[C@@H](C3)[C@H]2C1=O. The monoisotopic (exact) mass is 383 g/mol. The molecule has 4 rings (SSSR count). The number of benzene rings is 1. The van der Waals surface area contributed by atoms with Crippen LogP contribution in [0.15, 0.2) is 24.3 Å². The molecule has 2 aliphatic carbocycles. The number of fused-ring (bicyclic) bond motifs is 5. The average molecular weight is 383 g/mol. The van der Waals surface area contributed by atoms with Gasteiger partial charge < -0.3 is 4.74 Å². The van der Waals surface area contributed by atoms with E-state index in [4.69, 9.17) is 4.74 Å². The van der Waals surface area contributed by atoms with Crippen LogP contribution in [0.25, 0.3) is 0 Å². The first-order valence-corrected chi connectivity index (χ1v) is 9.87. The third-order valence-corrected chi connectivity index (χ3v) is 6.46. The minimum atomic E-state index is -0.700. The molecular weight excluding hydrogens is 358 g/mol. The van der Waals surface area contributed by atoms with Crippen molar-refractivity contribution in [3.8, 4) is 0 Å². The van der Waals surface area contributed by atoms with Gasteiger partial charge in [0, 0.05) is 5.41 Å². The molecule has 1 aromatic rings. The summed E-state index contributed by atoms with van der Waals surface area (Å²) in [5, 5.41) is 0. The van der Waals surface area contributed by atoms with Crippen LogP contribution in [0.4, 0.5) is 5.69 Å². The number of para-hydroxylation sites is 1. The minimum absolute atomic E-state index is 0.137. The van der Waals surface area contributed by atoms with E-state index in [-0.39, 0.29) is 59.1 Å². The average Bonchev–Trinajstić information content (AvgIpc) is 3.32. The van der Waals surface area contributed by atoms with Crippen LogP contribution < -0.4 is 4.90 Å². The normalized spacial score (nSPS) is 28.6. The van der Waals surface area contributed by atoms with Gasteiger partial charge in [-0.25, -0.2) is 9.69 Å². The van der Waals surface area contributed by atoms with Gasteiger partial charge in [0.1, 0.15) is 0 Å². The number of amides is 2. The first kappa shape index (κ1) is 18.8. The van der Waals surface area contributed by atoms with Gasteiger partial charge in [-0.2, -0.15) is 0 Å². The predicted molar refractivity (Wildman–Crippen MR) is 101 cm³/mol. The first-order chi connectivity index (χ1) is 13.2. The molecule has 1 heterocycles. The van der Waals surface area contributed by atoms with E-state index in [2.05, 4.69) is 0 Å². The van der Waals surface area contributed by atoms with Gasteiger partial charge in [0.15, 0.2) is 12.4 Å². The van der Waals surface area contributed by atoms with Crippen molar-refractivity contribution in [1.29, 1.82) is 0 Å². The molecule has 2 bridgehead atoms. The smallest absolute Gasteiger partial charge is 0.340 e. The molecular formula is C22H25NO5. The van der Waals surface area contributed by atoms with Gasteiger partial charge in [0.05, 0.1) is 23.1 Å². The molecule has 28 heavy (non-hydrogen) atoms. The van der Waals surface area contributed by atoms with Crippen LogP contribution in [-0.2, 0) is 19.1 Å².